The number of nitrogens with one attached hydrogen (secondary N) is 1. The van der Waals surface area contributed by atoms with Crippen LogP contribution < -0.4 is 10.7 Å². The third kappa shape index (κ3) is 2.10. The Morgan fingerprint density at radius 1 is 1.57 bits per heavy atom. The smallest absolute Gasteiger partial charge is 0.339 e. The van der Waals surface area contributed by atoms with Gasteiger partial charge in [-0.3, -0.25) is 0 Å². The van der Waals surface area contributed by atoms with Gasteiger partial charge in [0.25, 0.3) is 0 Å². The number of methoxy groups -OCH3 is 1. The minimum absolute atomic E-state index is 0.308. The molecule has 0 radical (unpaired) electrons. The first kappa shape index (κ1) is 10.7. The molecule has 14 heavy (non-hydrogen) atoms. The summed E-state index contributed by atoms with van der Waals surface area (Å²) < 4.78 is 4.67. The number of hydrogen-bond acceptors (Lipinski definition) is 3. The standard InChI is InChI=1S/C9H13B2NO2/c1-11-6-3-4-7(9(13)14-2)8(5-6)12-10/h3-5,11-12H,10H2,1-2H3. The summed E-state index contributed by atoms with van der Waals surface area (Å²) in [5, 5.41) is 2.98. The fourth-order valence-corrected chi connectivity index (χ4v) is 1.31. The molecule has 0 aliphatic rings. The van der Waals surface area contributed by atoms with Crippen LogP contribution in [0.5, 0.6) is 0 Å². The Morgan fingerprint density at radius 2 is 2.29 bits per heavy atom. The number of carbonyl (C=O) groups is 1. The van der Waals surface area contributed by atoms with Crippen molar-refractivity contribution in [2.75, 3.05) is 12.3 Å². The van der Waals surface area contributed by atoms with Crippen molar-refractivity contribution in [3.8, 4) is 0 Å². The summed E-state index contributed by atoms with van der Waals surface area (Å²) in [7, 11) is 4.13. The summed E-state index contributed by atoms with van der Waals surface area (Å²) >= 11 is 0. The van der Waals surface area contributed by atoms with Crippen LogP contribution in [0.1, 0.15) is 10.4 Å². The van der Waals surface area contributed by atoms with E-state index in [0.29, 0.717) is 5.56 Å². The highest BCUT2D eigenvalue weighted by molar-refractivity contribution is 6.52. The second kappa shape index (κ2) is 4.74. The molecule has 1 N–H and O–H groups in total. The van der Waals surface area contributed by atoms with Crippen molar-refractivity contribution in [2.45, 2.75) is 6.82 Å². The minimum Gasteiger partial charge on any atom is -0.465 e. The lowest BCUT2D eigenvalue weighted by atomic mass is 9.73. The number of anilines is 1. The maximum Gasteiger partial charge on any atom is 0.339 e. The van der Waals surface area contributed by atoms with E-state index in [1.807, 2.05) is 12.1 Å². The summed E-state index contributed by atoms with van der Waals surface area (Å²) in [4.78, 5) is 11.3. The number of benzene rings is 1. The molecule has 0 saturated carbocycles. The molecule has 0 aliphatic heterocycles. The van der Waals surface area contributed by atoms with Crippen molar-refractivity contribution >= 4 is 32.4 Å². The van der Waals surface area contributed by atoms with Gasteiger partial charge in [0.1, 0.15) is 0 Å². The Labute approximate surface area is 85.5 Å². The lowest BCUT2D eigenvalue weighted by Gasteiger charge is -2.08. The van der Waals surface area contributed by atoms with Crippen LogP contribution in [0.4, 0.5) is 5.69 Å². The number of esters is 1. The summed E-state index contributed by atoms with van der Waals surface area (Å²) in [6.07, 6.45) is 0. The predicted molar refractivity (Wildman–Crippen MR) is 62.6 cm³/mol. The molecular formula is C9H13B2NO2. The van der Waals surface area contributed by atoms with Crippen LogP contribution in [0, 0.1) is 0 Å². The van der Waals surface area contributed by atoms with Gasteiger partial charge in [0, 0.05) is 5.69 Å². The van der Waals surface area contributed by atoms with Crippen LogP contribution in [0.25, 0.3) is 0 Å². The molecule has 0 aliphatic carbocycles. The van der Waals surface area contributed by atoms with Crippen molar-refractivity contribution in [1.29, 1.82) is 0 Å². The van der Waals surface area contributed by atoms with Crippen LogP contribution >= 0.6 is 0 Å². The Balaban J connectivity index is 3.11. The van der Waals surface area contributed by atoms with Gasteiger partial charge in [-0.25, -0.2) is 4.79 Å². The van der Waals surface area contributed by atoms with Gasteiger partial charge in [-0.05, 0) is 12.1 Å². The van der Waals surface area contributed by atoms with Gasteiger partial charge >= 0.3 is 5.97 Å². The van der Waals surface area contributed by atoms with Crippen molar-refractivity contribution in [3.63, 3.8) is 0 Å². The van der Waals surface area contributed by atoms with E-state index >= 15 is 0 Å². The number of carbonyl (C=O) groups excluding carboxylic acids is 1. The molecule has 0 heterocycles. The first-order chi connectivity index (χ1) is 6.72. The fourth-order valence-electron chi connectivity index (χ4n) is 1.31. The van der Waals surface area contributed by atoms with Crippen LogP contribution in [0.15, 0.2) is 18.2 Å². The number of hydrogen-bond donors (Lipinski definition) is 1. The predicted octanol–water partition coefficient (Wildman–Crippen LogP) is -0.457. The molecule has 0 bridgehead atoms. The third-order valence-corrected chi connectivity index (χ3v) is 2.17. The number of rotatable bonds is 3. The van der Waals surface area contributed by atoms with E-state index in [0.717, 1.165) is 13.0 Å². The van der Waals surface area contributed by atoms with Gasteiger partial charge in [0.05, 0.1) is 12.7 Å². The maximum atomic E-state index is 11.3. The van der Waals surface area contributed by atoms with Crippen molar-refractivity contribution < 1.29 is 9.53 Å². The van der Waals surface area contributed by atoms with Gasteiger partial charge in [0.15, 0.2) is 7.28 Å². The van der Waals surface area contributed by atoms with E-state index in [9.17, 15) is 4.79 Å². The summed E-state index contributed by atoms with van der Waals surface area (Å²) in [6, 6.07) is 5.69. The van der Waals surface area contributed by atoms with E-state index in [2.05, 4.69) is 16.8 Å². The average molecular weight is 189 g/mol. The molecule has 1 aromatic carbocycles. The fraction of sp³-hybridized carbons (Fsp3) is 0.222. The van der Waals surface area contributed by atoms with Gasteiger partial charge in [-0.2, -0.15) is 0 Å². The van der Waals surface area contributed by atoms with Gasteiger partial charge in [-0.15, -0.1) is 0 Å². The molecular weight excluding hydrogens is 176 g/mol. The molecule has 0 spiro atoms. The third-order valence-electron chi connectivity index (χ3n) is 2.17. The highest BCUT2D eigenvalue weighted by Crippen LogP contribution is 2.13. The summed E-state index contributed by atoms with van der Waals surface area (Å²) in [6.45, 7) is 2.08. The van der Waals surface area contributed by atoms with Crippen LogP contribution in [-0.2, 0) is 4.74 Å². The van der Waals surface area contributed by atoms with E-state index in [4.69, 9.17) is 0 Å². The molecule has 0 atom stereocenters. The second-order valence-electron chi connectivity index (χ2n) is 2.98. The van der Waals surface area contributed by atoms with E-state index in [1.54, 1.807) is 14.0 Å². The molecule has 5 heteroatoms. The van der Waals surface area contributed by atoms with Gasteiger partial charge < -0.3 is 9.96 Å². The second-order valence-corrected chi connectivity index (χ2v) is 2.98. The van der Waals surface area contributed by atoms with Crippen LogP contribution in [0.3, 0.4) is 0 Å². The zero-order chi connectivity index (χ0) is 10.6. The quantitative estimate of drug-likeness (QED) is 0.516. The Bertz CT molecular complexity index is 342. The monoisotopic (exact) mass is 189 g/mol. The summed E-state index contributed by atoms with van der Waals surface area (Å²) in [5.41, 5.74) is 2.59. The lowest BCUT2D eigenvalue weighted by molar-refractivity contribution is 0.0602. The highest BCUT2D eigenvalue weighted by atomic mass is 16.5. The first-order valence-corrected chi connectivity index (χ1v) is 4.62. The molecule has 0 unspecified atom stereocenters. The molecule has 3 nitrogen and oxygen atoms in total. The molecule has 1 aromatic rings. The average Bonchev–Trinajstić information content (AvgIpc) is 2.27. The SMILES string of the molecule is BNc1cc(BC)ccc1C(=O)OC. The topological polar surface area (TPSA) is 38.3 Å². The largest absolute Gasteiger partial charge is 0.465 e. The van der Waals surface area contributed by atoms with E-state index in [1.165, 1.54) is 12.6 Å². The van der Waals surface area contributed by atoms with Crippen LogP contribution in [0.2, 0.25) is 6.82 Å². The maximum absolute atomic E-state index is 11.3. The van der Waals surface area contributed by atoms with E-state index < -0.39 is 0 Å². The minimum atomic E-state index is -0.308. The molecule has 0 saturated heterocycles. The van der Waals surface area contributed by atoms with Crippen LogP contribution in [-0.4, -0.2) is 28.3 Å². The first-order valence-electron chi connectivity index (χ1n) is 4.62. The van der Waals surface area contributed by atoms with Gasteiger partial charge in [-0.1, -0.05) is 18.4 Å². The van der Waals surface area contributed by atoms with Crippen molar-refractivity contribution in [3.05, 3.63) is 23.8 Å². The van der Waals surface area contributed by atoms with E-state index in [-0.39, 0.29) is 5.97 Å². The van der Waals surface area contributed by atoms with Crippen molar-refractivity contribution in [1.82, 2.24) is 0 Å². The summed E-state index contributed by atoms with van der Waals surface area (Å²) in [5.74, 6) is -0.308. The normalized spacial score (nSPS) is 9.29. The zero-order valence-electron chi connectivity index (χ0n) is 8.76. The molecule has 0 fully saturated rings. The number of ether oxygens (including phenoxy) is 1. The van der Waals surface area contributed by atoms with Crippen molar-refractivity contribution in [2.24, 2.45) is 0 Å². The zero-order valence-corrected chi connectivity index (χ0v) is 8.76. The highest BCUT2D eigenvalue weighted by Gasteiger charge is 2.10. The Morgan fingerprint density at radius 3 is 2.79 bits per heavy atom. The molecule has 72 valence electrons. The molecule has 0 aromatic heterocycles. The Kier molecular flexibility index (Phi) is 3.63. The Hall–Kier alpha value is -1.38. The lowest BCUT2D eigenvalue weighted by Crippen LogP contribution is -2.15. The molecule has 1 rings (SSSR count). The van der Waals surface area contributed by atoms with Gasteiger partial charge in [0.2, 0.25) is 7.98 Å². The molecule has 0 amide bonds.